The van der Waals surface area contributed by atoms with Crippen molar-refractivity contribution in [1.82, 2.24) is 15.5 Å². The van der Waals surface area contributed by atoms with Crippen molar-refractivity contribution >= 4 is 17.9 Å². The lowest BCUT2D eigenvalue weighted by Gasteiger charge is -2.37. The molecule has 1 aromatic carbocycles. The van der Waals surface area contributed by atoms with Gasteiger partial charge >= 0.3 is 6.09 Å². The van der Waals surface area contributed by atoms with E-state index in [0.29, 0.717) is 6.42 Å². The molecule has 0 radical (unpaired) electrons. The fourth-order valence-corrected chi connectivity index (χ4v) is 3.88. The molecule has 3 atom stereocenters. The average molecular weight is 488 g/mol. The molecule has 7 nitrogen and oxygen atoms in total. The molecule has 0 aliphatic heterocycles. The van der Waals surface area contributed by atoms with E-state index >= 15 is 0 Å². The summed E-state index contributed by atoms with van der Waals surface area (Å²) in [5.74, 6) is -0.835. The fraction of sp³-hybridized carbons (Fsp3) is 0.607. The minimum absolute atomic E-state index is 0.137. The molecular weight excluding hydrogens is 442 g/mol. The number of carbonyl (C=O) groups is 3. The second-order valence-electron chi connectivity index (χ2n) is 11.2. The Balaban J connectivity index is 3.61. The van der Waals surface area contributed by atoms with Crippen LogP contribution in [0.3, 0.4) is 0 Å². The van der Waals surface area contributed by atoms with Gasteiger partial charge in [0.1, 0.15) is 17.7 Å². The summed E-state index contributed by atoms with van der Waals surface area (Å²) in [6.45, 7) is 22.7. The molecule has 0 aliphatic carbocycles. The summed E-state index contributed by atoms with van der Waals surface area (Å²) in [4.78, 5) is 41.9. The fourth-order valence-electron chi connectivity index (χ4n) is 3.88. The Labute approximate surface area is 211 Å². The quantitative estimate of drug-likeness (QED) is 0.468. The topological polar surface area (TPSA) is 87.7 Å². The van der Waals surface area contributed by atoms with Crippen LogP contribution in [0.5, 0.6) is 0 Å². The Kier molecular flexibility index (Phi) is 10.6. The Hall–Kier alpha value is -2.83. The lowest BCUT2D eigenvalue weighted by molar-refractivity contribution is -0.143. The van der Waals surface area contributed by atoms with Crippen molar-refractivity contribution in [2.75, 3.05) is 6.54 Å². The van der Waals surface area contributed by atoms with E-state index in [4.69, 9.17) is 4.74 Å². The summed E-state index contributed by atoms with van der Waals surface area (Å²) in [6.07, 6.45) is 1.58. The molecule has 196 valence electrons. The number of aryl methyl sites for hydroxylation is 2. The second-order valence-corrected chi connectivity index (χ2v) is 11.2. The highest BCUT2D eigenvalue weighted by Crippen LogP contribution is 2.30. The molecule has 0 aliphatic rings. The molecule has 1 aromatic rings. The van der Waals surface area contributed by atoms with Crippen molar-refractivity contribution in [2.24, 2.45) is 5.92 Å². The first-order valence-electron chi connectivity index (χ1n) is 12.3. The number of carbonyl (C=O) groups excluding carboxylic acids is 3. The van der Waals surface area contributed by atoms with E-state index in [2.05, 4.69) is 17.2 Å². The summed E-state index contributed by atoms with van der Waals surface area (Å²) < 4.78 is 5.43. The van der Waals surface area contributed by atoms with Crippen LogP contribution >= 0.6 is 0 Å². The monoisotopic (exact) mass is 487 g/mol. The van der Waals surface area contributed by atoms with E-state index in [0.717, 1.165) is 16.7 Å². The highest BCUT2D eigenvalue weighted by atomic mass is 16.6. The molecule has 35 heavy (non-hydrogen) atoms. The van der Waals surface area contributed by atoms with Gasteiger partial charge in [0.15, 0.2) is 0 Å². The van der Waals surface area contributed by atoms with Crippen molar-refractivity contribution < 1.29 is 19.1 Å². The van der Waals surface area contributed by atoms with Gasteiger partial charge in [0.2, 0.25) is 11.8 Å². The smallest absolute Gasteiger partial charge is 0.408 e. The number of alkyl carbamates (subject to hydrolysis) is 1. The van der Waals surface area contributed by atoms with E-state index in [-0.39, 0.29) is 24.3 Å². The van der Waals surface area contributed by atoms with Crippen LogP contribution in [0.25, 0.3) is 0 Å². The van der Waals surface area contributed by atoms with Crippen molar-refractivity contribution in [3.05, 3.63) is 47.5 Å². The lowest BCUT2D eigenvalue weighted by Crippen LogP contribution is -2.56. The van der Waals surface area contributed by atoms with Crippen LogP contribution < -0.4 is 10.6 Å². The molecule has 2 N–H and O–H groups in total. The molecule has 0 bridgehead atoms. The van der Waals surface area contributed by atoms with Crippen LogP contribution in [0.1, 0.15) is 84.5 Å². The maximum Gasteiger partial charge on any atom is 0.408 e. The Morgan fingerprint density at radius 3 is 2.06 bits per heavy atom. The number of benzene rings is 1. The lowest BCUT2D eigenvalue weighted by atomic mass is 9.91. The number of nitrogens with zero attached hydrogens (tertiary/aromatic N) is 1. The third-order valence-electron chi connectivity index (χ3n) is 5.63. The van der Waals surface area contributed by atoms with E-state index in [1.165, 1.54) is 4.90 Å². The third-order valence-corrected chi connectivity index (χ3v) is 5.63. The van der Waals surface area contributed by atoms with E-state index in [1.54, 1.807) is 26.8 Å². The van der Waals surface area contributed by atoms with Crippen LogP contribution in [-0.4, -0.2) is 46.5 Å². The standard InChI is InChI=1S/C28H45N3O4/c1-12-17-31(25(33)22(18(3)13-2)29-26(34)35-28(9,10)11)23(24(32)30-27(6,7)8)21-19(4)15-14-16-20(21)5/h12,14-16,18,22-23H,1,13,17H2,2-11H3,(H,29,34)(H,30,32). The summed E-state index contributed by atoms with van der Waals surface area (Å²) in [7, 11) is 0. The number of hydrogen-bond donors (Lipinski definition) is 2. The number of amides is 3. The highest BCUT2D eigenvalue weighted by molar-refractivity contribution is 5.93. The van der Waals surface area contributed by atoms with Crippen LogP contribution in [0.4, 0.5) is 4.79 Å². The van der Waals surface area contributed by atoms with E-state index in [1.807, 2.05) is 66.7 Å². The van der Waals surface area contributed by atoms with Crippen LogP contribution in [0.2, 0.25) is 0 Å². The second kappa shape index (κ2) is 12.2. The Bertz CT molecular complexity index is 892. The summed E-state index contributed by atoms with van der Waals surface area (Å²) in [5, 5.41) is 5.81. The molecule has 0 saturated heterocycles. The van der Waals surface area contributed by atoms with Crippen molar-refractivity contribution in [3.63, 3.8) is 0 Å². The summed E-state index contributed by atoms with van der Waals surface area (Å²) in [6, 6.07) is 4.03. The predicted octanol–water partition coefficient (Wildman–Crippen LogP) is 5.21. The first-order valence-corrected chi connectivity index (χ1v) is 12.3. The first kappa shape index (κ1) is 30.2. The molecule has 0 aromatic heterocycles. The van der Waals surface area contributed by atoms with Crippen LogP contribution in [0, 0.1) is 19.8 Å². The number of hydrogen-bond acceptors (Lipinski definition) is 4. The Morgan fingerprint density at radius 1 is 1.09 bits per heavy atom. The molecule has 3 amide bonds. The molecule has 1 rings (SSSR count). The van der Waals surface area contributed by atoms with E-state index in [9.17, 15) is 14.4 Å². The first-order chi connectivity index (χ1) is 16.0. The van der Waals surface area contributed by atoms with E-state index < -0.39 is 29.3 Å². The SMILES string of the molecule is C=CCN(C(=O)C(NC(=O)OC(C)(C)C)C(C)CC)C(C(=O)NC(C)(C)C)c1c(C)cccc1C. The minimum atomic E-state index is -0.895. The van der Waals surface area contributed by atoms with Crippen LogP contribution in [-0.2, 0) is 14.3 Å². The molecular formula is C28H45N3O4. The zero-order valence-electron chi connectivity index (χ0n) is 23.2. The predicted molar refractivity (Wildman–Crippen MR) is 141 cm³/mol. The number of nitrogens with one attached hydrogen (secondary N) is 2. The van der Waals surface area contributed by atoms with Gasteiger partial charge in [0.05, 0.1) is 0 Å². The zero-order valence-corrected chi connectivity index (χ0v) is 23.2. The molecule has 7 heteroatoms. The minimum Gasteiger partial charge on any atom is -0.444 e. The maximum atomic E-state index is 14.1. The molecule has 0 fully saturated rings. The summed E-state index contributed by atoms with van der Waals surface area (Å²) >= 11 is 0. The average Bonchev–Trinajstić information content (AvgIpc) is 2.70. The van der Waals surface area contributed by atoms with Crippen LogP contribution in [0.15, 0.2) is 30.9 Å². The molecule has 0 heterocycles. The van der Waals surface area contributed by atoms with Crippen molar-refractivity contribution in [2.45, 2.75) is 98.9 Å². The molecule has 3 unspecified atom stereocenters. The summed E-state index contributed by atoms with van der Waals surface area (Å²) in [5.41, 5.74) is 1.37. The molecule has 0 saturated carbocycles. The van der Waals surface area contributed by atoms with Gasteiger partial charge in [-0.1, -0.05) is 44.5 Å². The Morgan fingerprint density at radius 2 is 1.63 bits per heavy atom. The van der Waals surface area contributed by atoms with Gasteiger partial charge in [-0.05, 0) is 78.0 Å². The van der Waals surface area contributed by atoms with Gasteiger partial charge in [-0.25, -0.2) is 4.79 Å². The van der Waals surface area contributed by atoms with Crippen molar-refractivity contribution in [3.8, 4) is 0 Å². The largest absolute Gasteiger partial charge is 0.444 e. The van der Waals surface area contributed by atoms with Gasteiger partial charge in [-0.3, -0.25) is 9.59 Å². The molecule has 0 spiro atoms. The third kappa shape index (κ3) is 9.04. The number of rotatable bonds is 9. The van der Waals surface area contributed by atoms with Gasteiger partial charge in [0, 0.05) is 12.1 Å². The zero-order chi connectivity index (χ0) is 27.1. The van der Waals surface area contributed by atoms with Gasteiger partial charge in [0.25, 0.3) is 0 Å². The van der Waals surface area contributed by atoms with Gasteiger partial charge in [-0.15, -0.1) is 6.58 Å². The normalized spacial score (nSPS) is 14.3. The highest BCUT2D eigenvalue weighted by Gasteiger charge is 2.39. The van der Waals surface area contributed by atoms with Gasteiger partial charge < -0.3 is 20.3 Å². The van der Waals surface area contributed by atoms with Crippen molar-refractivity contribution in [1.29, 1.82) is 0 Å². The maximum absolute atomic E-state index is 14.1. The van der Waals surface area contributed by atoms with Gasteiger partial charge in [-0.2, -0.15) is 0 Å². The number of ether oxygens (including phenoxy) is 1.